The van der Waals surface area contributed by atoms with E-state index in [1.165, 1.54) is 11.8 Å². The first-order chi connectivity index (χ1) is 18.0. The van der Waals surface area contributed by atoms with Crippen LogP contribution >= 0.6 is 47.2 Å². The van der Waals surface area contributed by atoms with Crippen LogP contribution in [0.3, 0.4) is 0 Å². The first-order valence-corrected chi connectivity index (χ1v) is 13.5. The molecule has 0 amide bonds. The van der Waals surface area contributed by atoms with Crippen molar-refractivity contribution in [1.82, 2.24) is 10.3 Å². The molecular formula is C27H23Cl2N3O3S2. The molecule has 190 valence electrons. The lowest BCUT2D eigenvalue weighted by atomic mass is 10.0. The number of pyridine rings is 1. The van der Waals surface area contributed by atoms with Crippen LogP contribution < -0.4 is 15.0 Å². The zero-order valence-electron chi connectivity index (χ0n) is 19.8. The van der Waals surface area contributed by atoms with E-state index >= 15 is 0 Å². The van der Waals surface area contributed by atoms with Crippen molar-refractivity contribution in [2.45, 2.75) is 22.1 Å². The fourth-order valence-electron chi connectivity index (χ4n) is 4.08. The van der Waals surface area contributed by atoms with E-state index in [0.717, 1.165) is 27.1 Å². The quantitative estimate of drug-likeness (QED) is 0.165. The summed E-state index contributed by atoms with van der Waals surface area (Å²) in [5, 5.41) is 5.91. The first-order valence-electron chi connectivity index (χ1n) is 11.5. The summed E-state index contributed by atoms with van der Waals surface area (Å²) in [7, 11) is 1.63. The van der Waals surface area contributed by atoms with Crippen molar-refractivity contribution >= 4 is 58.0 Å². The summed E-state index contributed by atoms with van der Waals surface area (Å²) in [5.74, 6) is 1.33. The van der Waals surface area contributed by atoms with Crippen molar-refractivity contribution in [3.8, 4) is 5.75 Å². The van der Waals surface area contributed by atoms with Gasteiger partial charge in [0, 0.05) is 28.9 Å². The molecule has 2 aromatic heterocycles. The monoisotopic (exact) mass is 571 g/mol. The molecule has 0 unspecified atom stereocenters. The Morgan fingerprint density at radius 2 is 1.89 bits per heavy atom. The van der Waals surface area contributed by atoms with Crippen LogP contribution in [0.15, 0.2) is 93.4 Å². The summed E-state index contributed by atoms with van der Waals surface area (Å²) in [6.07, 6.45) is 1.77. The lowest BCUT2D eigenvalue weighted by Gasteiger charge is -2.26. The van der Waals surface area contributed by atoms with E-state index in [0.29, 0.717) is 34.1 Å². The molecule has 2 atom stereocenters. The minimum atomic E-state index is -0.293. The third kappa shape index (κ3) is 5.89. The molecule has 0 radical (unpaired) electrons. The summed E-state index contributed by atoms with van der Waals surface area (Å²) in [5.41, 5.74) is 1.67. The number of aromatic nitrogens is 1. The maximum atomic E-state index is 6.58. The van der Waals surface area contributed by atoms with Gasteiger partial charge in [0.1, 0.15) is 24.2 Å². The van der Waals surface area contributed by atoms with Gasteiger partial charge < -0.3 is 24.1 Å². The van der Waals surface area contributed by atoms with Gasteiger partial charge in [-0.25, -0.2) is 0 Å². The highest BCUT2D eigenvalue weighted by molar-refractivity contribution is 7.99. The predicted octanol–water partition coefficient (Wildman–Crippen LogP) is 7.33. The van der Waals surface area contributed by atoms with Gasteiger partial charge in [-0.05, 0) is 78.9 Å². The number of hydrogen-bond donors (Lipinski definition) is 1. The van der Waals surface area contributed by atoms with E-state index in [4.69, 9.17) is 49.3 Å². The lowest BCUT2D eigenvalue weighted by molar-refractivity contribution is 0.146. The van der Waals surface area contributed by atoms with Crippen LogP contribution in [-0.4, -0.2) is 30.4 Å². The van der Waals surface area contributed by atoms with Crippen molar-refractivity contribution in [2.75, 3.05) is 25.2 Å². The summed E-state index contributed by atoms with van der Waals surface area (Å²) in [4.78, 5) is 7.63. The van der Waals surface area contributed by atoms with Crippen molar-refractivity contribution in [3.63, 3.8) is 0 Å². The molecule has 1 aliphatic rings. The van der Waals surface area contributed by atoms with Crippen LogP contribution in [0.2, 0.25) is 10.0 Å². The molecule has 0 saturated carbocycles. The van der Waals surface area contributed by atoms with Gasteiger partial charge in [-0.2, -0.15) is 0 Å². The molecule has 1 saturated heterocycles. The van der Waals surface area contributed by atoms with Crippen molar-refractivity contribution in [3.05, 3.63) is 100 Å². The number of nitrogens with one attached hydrogen (secondary N) is 1. The Bertz CT molecular complexity index is 1370. The number of thiocarbonyl (C=S) groups is 1. The molecule has 4 aromatic rings. The Balaban J connectivity index is 1.48. The Hall–Kier alpha value is -2.75. The molecule has 1 N–H and O–H groups in total. The summed E-state index contributed by atoms with van der Waals surface area (Å²) in [6.45, 7) is 0.880. The third-order valence-corrected chi connectivity index (χ3v) is 7.55. The van der Waals surface area contributed by atoms with Crippen LogP contribution in [0.5, 0.6) is 5.75 Å². The second kappa shape index (κ2) is 11.8. The van der Waals surface area contributed by atoms with Crippen molar-refractivity contribution in [1.29, 1.82) is 0 Å². The normalized spacial score (nSPS) is 17.2. The third-order valence-electron chi connectivity index (χ3n) is 5.76. The van der Waals surface area contributed by atoms with Crippen LogP contribution in [0.4, 0.5) is 5.69 Å². The topological polar surface area (TPSA) is 59.8 Å². The molecule has 0 aliphatic carbocycles. The van der Waals surface area contributed by atoms with E-state index in [2.05, 4.69) is 10.3 Å². The maximum absolute atomic E-state index is 6.58. The molecule has 0 bridgehead atoms. The predicted molar refractivity (Wildman–Crippen MR) is 151 cm³/mol. The number of anilines is 1. The number of hydrogen-bond acceptors (Lipinski definition) is 6. The Kier molecular flexibility index (Phi) is 8.22. The molecule has 10 heteroatoms. The van der Waals surface area contributed by atoms with Gasteiger partial charge in [-0.1, -0.05) is 41.0 Å². The van der Waals surface area contributed by atoms with Gasteiger partial charge in [0.05, 0.1) is 23.4 Å². The molecule has 6 nitrogen and oxygen atoms in total. The highest BCUT2D eigenvalue weighted by Gasteiger charge is 2.42. The van der Waals surface area contributed by atoms with Crippen LogP contribution in [0, 0.1) is 0 Å². The second-order valence-corrected chi connectivity index (χ2v) is 10.5. The van der Waals surface area contributed by atoms with Crippen molar-refractivity contribution in [2.24, 2.45) is 0 Å². The molecule has 2 aromatic carbocycles. The number of ether oxygens (including phenoxy) is 2. The molecule has 3 heterocycles. The summed E-state index contributed by atoms with van der Waals surface area (Å²) in [6, 6.07) is 22.5. The Labute approximate surface area is 234 Å². The first kappa shape index (κ1) is 25.9. The average molecular weight is 573 g/mol. The molecule has 0 spiro atoms. The van der Waals surface area contributed by atoms with Gasteiger partial charge in [-0.15, -0.1) is 0 Å². The Morgan fingerprint density at radius 1 is 1.05 bits per heavy atom. The second-order valence-electron chi connectivity index (χ2n) is 8.17. The van der Waals surface area contributed by atoms with Crippen molar-refractivity contribution < 1.29 is 13.9 Å². The van der Waals surface area contributed by atoms with Crippen LogP contribution in [-0.2, 0) is 4.74 Å². The van der Waals surface area contributed by atoms with Gasteiger partial charge in [0.2, 0.25) is 0 Å². The largest absolute Gasteiger partial charge is 0.490 e. The zero-order valence-corrected chi connectivity index (χ0v) is 22.9. The number of halogens is 2. The average Bonchev–Trinajstić information content (AvgIpc) is 3.51. The fourth-order valence-corrected chi connectivity index (χ4v) is 5.56. The number of rotatable bonds is 9. The SMILES string of the molecule is COCCOc1ccc(N2C(=S)N[C@H](c3ccccn3)[C@@H]2c2ccc(Sc3ccc(Cl)cc3)o2)cc1Cl. The number of methoxy groups -OCH3 is 1. The summed E-state index contributed by atoms with van der Waals surface area (Å²) >= 11 is 19.9. The zero-order chi connectivity index (χ0) is 25.8. The Morgan fingerprint density at radius 3 is 2.62 bits per heavy atom. The highest BCUT2D eigenvalue weighted by atomic mass is 35.5. The van der Waals surface area contributed by atoms with E-state index < -0.39 is 0 Å². The standard InChI is InChI=1S/C27H23Cl2N3O3S2/c1-33-14-15-34-22-10-7-18(16-20(22)29)32-26(25(31-27(32)36)21-4-2-3-13-30-21)23-11-12-24(35-23)37-19-8-5-17(28)6-9-19/h2-13,16,25-26H,14-15H2,1H3,(H,31,36)/t25-,26+/m1/s1. The fraction of sp³-hybridized carbons (Fsp3) is 0.185. The molecule has 1 fully saturated rings. The molecular weight excluding hydrogens is 549 g/mol. The molecule has 1 aliphatic heterocycles. The molecule has 37 heavy (non-hydrogen) atoms. The van der Waals surface area contributed by atoms with Gasteiger partial charge in [-0.3, -0.25) is 4.98 Å². The van der Waals surface area contributed by atoms with Gasteiger partial charge >= 0.3 is 0 Å². The van der Waals surface area contributed by atoms with E-state index in [1.807, 2.05) is 77.7 Å². The van der Waals surface area contributed by atoms with Crippen LogP contribution in [0.25, 0.3) is 0 Å². The van der Waals surface area contributed by atoms with E-state index in [1.54, 1.807) is 13.3 Å². The number of furan rings is 1. The van der Waals surface area contributed by atoms with E-state index in [9.17, 15) is 0 Å². The number of nitrogens with zero attached hydrogens (tertiary/aromatic N) is 2. The smallest absolute Gasteiger partial charge is 0.174 e. The van der Waals surface area contributed by atoms with E-state index in [-0.39, 0.29) is 12.1 Å². The summed E-state index contributed by atoms with van der Waals surface area (Å²) < 4.78 is 17.1. The highest BCUT2D eigenvalue weighted by Crippen LogP contribution is 2.44. The molecule has 5 rings (SSSR count). The maximum Gasteiger partial charge on any atom is 0.174 e. The number of benzene rings is 2. The minimum absolute atomic E-state index is 0.232. The van der Waals surface area contributed by atoms with Gasteiger partial charge in [0.15, 0.2) is 10.2 Å². The van der Waals surface area contributed by atoms with Crippen LogP contribution in [0.1, 0.15) is 23.5 Å². The lowest BCUT2D eigenvalue weighted by Crippen LogP contribution is -2.29. The van der Waals surface area contributed by atoms with Gasteiger partial charge in [0.25, 0.3) is 0 Å². The minimum Gasteiger partial charge on any atom is -0.490 e.